The van der Waals surface area contributed by atoms with Gasteiger partial charge in [0.05, 0.1) is 0 Å². The van der Waals surface area contributed by atoms with Crippen molar-refractivity contribution >= 4 is 5.97 Å². The van der Waals surface area contributed by atoms with Crippen LogP contribution in [0.4, 0.5) is 0 Å². The lowest BCUT2D eigenvalue weighted by molar-refractivity contribution is -0.149. The zero-order valence-corrected chi connectivity index (χ0v) is 6.34. The first-order valence-corrected chi connectivity index (χ1v) is 3.43. The highest BCUT2D eigenvalue weighted by Gasteiger charge is 2.36. The second-order valence-corrected chi connectivity index (χ2v) is 2.64. The number of hydrazine groups is 1. The zero-order chi connectivity index (χ0) is 9.14. The van der Waals surface area contributed by atoms with Crippen LogP contribution in [0.15, 0.2) is 5.18 Å². The molecule has 1 aliphatic heterocycles. The summed E-state index contributed by atoms with van der Waals surface area (Å²) in [6.45, 7) is 0.267. The largest absolute Gasteiger partial charge is 0.372 e. The average Bonchev–Trinajstić information content (AvgIpc) is 2.45. The molecule has 0 radical (unpaired) electrons. The molecule has 0 aromatic rings. The lowest BCUT2D eigenvalue weighted by atomic mass is 10.2. The maximum absolute atomic E-state index is 10.9. The molecule has 1 heterocycles. The normalized spacial score (nSPS) is 30.2. The minimum atomic E-state index is -0.641. The van der Waals surface area contributed by atoms with Crippen molar-refractivity contribution in [3.63, 3.8) is 0 Å². The van der Waals surface area contributed by atoms with Crippen LogP contribution in [0.5, 0.6) is 0 Å². The quantitative estimate of drug-likeness (QED) is 0.299. The Balaban J connectivity index is 2.57. The van der Waals surface area contributed by atoms with Crippen molar-refractivity contribution in [3.8, 4) is 0 Å². The summed E-state index contributed by atoms with van der Waals surface area (Å²) in [7, 11) is 0. The van der Waals surface area contributed by atoms with E-state index in [0.29, 0.717) is 0 Å². The van der Waals surface area contributed by atoms with E-state index in [1.54, 1.807) is 0 Å². The van der Waals surface area contributed by atoms with E-state index in [1.165, 1.54) is 5.01 Å². The summed E-state index contributed by atoms with van der Waals surface area (Å²) < 4.78 is 0. The highest BCUT2D eigenvalue weighted by Crippen LogP contribution is 2.17. The van der Waals surface area contributed by atoms with Gasteiger partial charge in [0.2, 0.25) is 0 Å². The number of nitrogens with two attached hydrogens (primary N) is 2. The van der Waals surface area contributed by atoms with Crippen LogP contribution >= 0.6 is 0 Å². The second kappa shape index (κ2) is 3.57. The van der Waals surface area contributed by atoms with Crippen LogP contribution in [0.3, 0.4) is 0 Å². The molecule has 12 heavy (non-hydrogen) atoms. The van der Waals surface area contributed by atoms with Gasteiger partial charge < -0.3 is 4.84 Å². The van der Waals surface area contributed by atoms with Crippen LogP contribution in [0.2, 0.25) is 0 Å². The minimum Gasteiger partial charge on any atom is -0.372 e. The molecule has 7 nitrogen and oxygen atoms in total. The molecule has 1 fully saturated rings. The molecule has 0 saturated carbocycles. The van der Waals surface area contributed by atoms with Gasteiger partial charge >= 0.3 is 5.97 Å². The SMILES string of the molecule is NOC(=O)[C@@H]1C[C@H](N=O)CN1N. The second-order valence-electron chi connectivity index (χ2n) is 2.64. The summed E-state index contributed by atoms with van der Waals surface area (Å²) >= 11 is 0. The summed E-state index contributed by atoms with van der Waals surface area (Å²) in [4.78, 5) is 25.0. The van der Waals surface area contributed by atoms with Crippen molar-refractivity contribution in [2.45, 2.75) is 18.5 Å². The molecule has 1 rings (SSSR count). The maximum Gasteiger partial charge on any atom is 0.343 e. The summed E-state index contributed by atoms with van der Waals surface area (Å²) in [5.74, 6) is 9.42. The Morgan fingerprint density at radius 3 is 2.75 bits per heavy atom. The Bertz CT molecular complexity index is 197. The van der Waals surface area contributed by atoms with Gasteiger partial charge in [0.1, 0.15) is 12.1 Å². The molecule has 1 aliphatic rings. The van der Waals surface area contributed by atoms with Gasteiger partial charge in [0, 0.05) is 13.0 Å². The highest BCUT2D eigenvalue weighted by atomic mass is 16.7. The van der Waals surface area contributed by atoms with Gasteiger partial charge in [-0.15, -0.1) is 0 Å². The summed E-state index contributed by atoms with van der Waals surface area (Å²) in [5, 5.41) is 3.99. The number of nitroso groups, excluding NO2 is 1. The third-order valence-electron chi connectivity index (χ3n) is 1.85. The third-order valence-corrected chi connectivity index (χ3v) is 1.85. The number of hydrogen-bond donors (Lipinski definition) is 2. The van der Waals surface area contributed by atoms with Crippen molar-refractivity contribution in [2.75, 3.05) is 6.54 Å². The topological polar surface area (TPSA) is 111 Å². The first-order valence-electron chi connectivity index (χ1n) is 3.43. The van der Waals surface area contributed by atoms with Crippen molar-refractivity contribution < 1.29 is 9.63 Å². The van der Waals surface area contributed by atoms with Gasteiger partial charge in [0.15, 0.2) is 0 Å². The van der Waals surface area contributed by atoms with E-state index >= 15 is 0 Å². The van der Waals surface area contributed by atoms with Crippen molar-refractivity contribution in [2.24, 2.45) is 16.9 Å². The Labute approximate surface area is 68.5 Å². The molecule has 68 valence electrons. The fourth-order valence-corrected chi connectivity index (χ4v) is 1.22. The fraction of sp³-hybridized carbons (Fsp3) is 0.800. The summed E-state index contributed by atoms with van der Waals surface area (Å²) in [6.07, 6.45) is 0.274. The third kappa shape index (κ3) is 1.58. The standard InChI is InChI=1S/C5H10N4O3/c6-9-2-3(8-11)1-4(9)5(10)12-7/h3-4H,1-2,6-7H2/t3-,4-/m0/s1. The van der Waals surface area contributed by atoms with Gasteiger partial charge in [-0.2, -0.15) is 10.8 Å². The number of carbonyl (C=O) groups is 1. The van der Waals surface area contributed by atoms with Gasteiger partial charge in [-0.1, -0.05) is 5.18 Å². The van der Waals surface area contributed by atoms with E-state index in [1.807, 2.05) is 0 Å². The Hall–Kier alpha value is -1.05. The lowest BCUT2D eigenvalue weighted by Crippen LogP contribution is -2.42. The van der Waals surface area contributed by atoms with Gasteiger partial charge in [-0.25, -0.2) is 9.80 Å². The molecule has 0 amide bonds. The average molecular weight is 174 g/mol. The number of nitrogens with zero attached hydrogens (tertiary/aromatic N) is 2. The zero-order valence-electron chi connectivity index (χ0n) is 6.34. The molecule has 0 bridgehead atoms. The van der Waals surface area contributed by atoms with Crippen molar-refractivity contribution in [1.82, 2.24) is 5.01 Å². The molecule has 0 aromatic heterocycles. The first kappa shape index (κ1) is 9.04. The molecule has 7 heteroatoms. The molecular formula is C5H10N4O3. The molecule has 4 N–H and O–H groups in total. The lowest BCUT2D eigenvalue weighted by Gasteiger charge is -2.14. The minimum absolute atomic E-state index is 0.267. The Kier molecular flexibility index (Phi) is 2.69. The molecule has 0 aromatic carbocycles. The van der Waals surface area contributed by atoms with Gasteiger partial charge in [0.25, 0.3) is 0 Å². The molecule has 1 saturated heterocycles. The van der Waals surface area contributed by atoms with Crippen LogP contribution in [0, 0.1) is 4.91 Å². The van der Waals surface area contributed by atoms with E-state index in [0.717, 1.165) is 0 Å². The van der Waals surface area contributed by atoms with Crippen LogP contribution in [-0.4, -0.2) is 29.6 Å². The van der Waals surface area contributed by atoms with Crippen molar-refractivity contribution in [1.29, 1.82) is 0 Å². The predicted octanol–water partition coefficient (Wildman–Crippen LogP) is -1.51. The van der Waals surface area contributed by atoms with Crippen LogP contribution < -0.4 is 11.7 Å². The smallest absolute Gasteiger partial charge is 0.343 e. The molecular weight excluding hydrogens is 164 g/mol. The molecule has 2 atom stereocenters. The number of carbonyl (C=O) groups excluding carboxylic acids is 1. The van der Waals surface area contributed by atoms with E-state index in [9.17, 15) is 9.70 Å². The summed E-state index contributed by atoms with van der Waals surface area (Å²) in [6, 6.07) is -1.09. The van der Waals surface area contributed by atoms with Crippen LogP contribution in [-0.2, 0) is 9.63 Å². The summed E-state index contributed by atoms with van der Waals surface area (Å²) in [5.41, 5.74) is 0. The van der Waals surface area contributed by atoms with E-state index in [4.69, 9.17) is 5.84 Å². The maximum atomic E-state index is 10.9. The number of hydrogen-bond acceptors (Lipinski definition) is 7. The molecule has 0 spiro atoms. The highest BCUT2D eigenvalue weighted by molar-refractivity contribution is 5.75. The monoisotopic (exact) mass is 174 g/mol. The molecule has 0 aliphatic carbocycles. The van der Waals surface area contributed by atoms with Gasteiger partial charge in [-0.05, 0) is 0 Å². The van der Waals surface area contributed by atoms with Crippen LogP contribution in [0.25, 0.3) is 0 Å². The van der Waals surface area contributed by atoms with E-state index in [2.05, 4.69) is 15.9 Å². The van der Waals surface area contributed by atoms with E-state index < -0.39 is 18.1 Å². The Morgan fingerprint density at radius 1 is 1.67 bits per heavy atom. The number of rotatable bonds is 2. The fourth-order valence-electron chi connectivity index (χ4n) is 1.22. The van der Waals surface area contributed by atoms with Gasteiger partial charge in [-0.3, -0.25) is 5.84 Å². The molecule has 0 unspecified atom stereocenters. The van der Waals surface area contributed by atoms with Crippen LogP contribution in [0.1, 0.15) is 6.42 Å². The first-order chi connectivity index (χ1) is 5.69. The van der Waals surface area contributed by atoms with Crippen molar-refractivity contribution in [3.05, 3.63) is 4.91 Å². The predicted molar refractivity (Wildman–Crippen MR) is 39.2 cm³/mol. The Morgan fingerprint density at radius 2 is 2.33 bits per heavy atom. The van der Waals surface area contributed by atoms with E-state index in [-0.39, 0.29) is 13.0 Å².